The maximum Gasteiger partial charge on any atom is 0.207 e. The van der Waals surface area contributed by atoms with Gasteiger partial charge in [0.05, 0.1) is 13.2 Å². The van der Waals surface area contributed by atoms with Crippen molar-refractivity contribution < 1.29 is 9.47 Å². The van der Waals surface area contributed by atoms with Gasteiger partial charge in [-0.3, -0.25) is 0 Å². The second kappa shape index (κ2) is 3.04. The molecule has 1 aliphatic heterocycles. The van der Waals surface area contributed by atoms with Crippen LogP contribution in [0, 0.1) is 5.92 Å². The van der Waals surface area contributed by atoms with Gasteiger partial charge in [-0.1, -0.05) is 19.1 Å². The van der Waals surface area contributed by atoms with Gasteiger partial charge in [0.2, 0.25) is 5.79 Å². The van der Waals surface area contributed by atoms with Gasteiger partial charge in [0, 0.05) is 0 Å². The maximum atomic E-state index is 5.56. The zero-order valence-corrected chi connectivity index (χ0v) is 7.32. The normalized spacial score (nSPS) is 28.1. The van der Waals surface area contributed by atoms with E-state index in [2.05, 4.69) is 19.1 Å². The van der Waals surface area contributed by atoms with Crippen molar-refractivity contribution in [1.29, 1.82) is 0 Å². The molecule has 12 heavy (non-hydrogen) atoms. The van der Waals surface area contributed by atoms with Gasteiger partial charge in [0.1, 0.15) is 0 Å². The van der Waals surface area contributed by atoms with E-state index in [4.69, 9.17) is 9.47 Å². The highest BCUT2D eigenvalue weighted by Gasteiger charge is 2.30. The van der Waals surface area contributed by atoms with Gasteiger partial charge >= 0.3 is 0 Å². The molecule has 0 saturated carbocycles. The van der Waals surface area contributed by atoms with Crippen LogP contribution >= 0.6 is 0 Å². The second-order valence-corrected chi connectivity index (χ2v) is 3.35. The van der Waals surface area contributed by atoms with Crippen LogP contribution in [0.25, 0.3) is 0 Å². The Morgan fingerprint density at radius 3 is 2.33 bits per heavy atom. The van der Waals surface area contributed by atoms with E-state index in [1.165, 1.54) is 0 Å². The molecular formula is C10H14O2. The molecule has 0 amide bonds. The molecule has 0 radical (unpaired) electrons. The van der Waals surface area contributed by atoms with Crippen molar-refractivity contribution in [2.45, 2.75) is 19.1 Å². The molecule has 0 N–H and O–H groups in total. The summed E-state index contributed by atoms with van der Waals surface area (Å²) in [5, 5.41) is 0. The van der Waals surface area contributed by atoms with Gasteiger partial charge in [-0.15, -0.1) is 0 Å². The van der Waals surface area contributed by atoms with Gasteiger partial charge in [-0.05, 0) is 24.5 Å². The highest BCUT2D eigenvalue weighted by molar-refractivity contribution is 5.19. The molecule has 2 nitrogen and oxygen atoms in total. The fourth-order valence-electron chi connectivity index (χ4n) is 1.45. The number of ether oxygens (including phenoxy) is 2. The lowest BCUT2D eigenvalue weighted by Gasteiger charge is -2.34. The summed E-state index contributed by atoms with van der Waals surface area (Å²) in [4.78, 5) is 0. The lowest BCUT2D eigenvalue weighted by atomic mass is 10.0. The number of rotatable bonds is 0. The number of hydrogen-bond donors (Lipinski definition) is 0. The van der Waals surface area contributed by atoms with Crippen LogP contribution in [0.4, 0.5) is 0 Å². The van der Waals surface area contributed by atoms with Crippen LogP contribution in [-0.2, 0) is 9.47 Å². The molecule has 2 rings (SSSR count). The lowest BCUT2D eigenvalue weighted by Crippen LogP contribution is -2.38. The Morgan fingerprint density at radius 1 is 1.17 bits per heavy atom. The summed E-state index contributed by atoms with van der Waals surface area (Å²) in [5.74, 6) is -0.0187. The van der Waals surface area contributed by atoms with Gasteiger partial charge < -0.3 is 9.47 Å². The standard InChI is InChI=1S/C10H14O2/c1-9-3-5-10(6-4-9)11-7-2-8-12-10/h3-6,9H,2,7-8H2,1H3. The van der Waals surface area contributed by atoms with Gasteiger partial charge in [0.15, 0.2) is 0 Å². The van der Waals surface area contributed by atoms with Crippen molar-refractivity contribution in [3.8, 4) is 0 Å². The molecule has 1 saturated heterocycles. The Balaban J connectivity index is 2.11. The van der Waals surface area contributed by atoms with Gasteiger partial charge in [-0.2, -0.15) is 0 Å². The molecule has 1 fully saturated rings. The van der Waals surface area contributed by atoms with Crippen LogP contribution in [0.15, 0.2) is 24.3 Å². The average molecular weight is 166 g/mol. The van der Waals surface area contributed by atoms with Crippen molar-refractivity contribution in [1.82, 2.24) is 0 Å². The van der Waals surface area contributed by atoms with E-state index in [1.54, 1.807) is 0 Å². The zero-order valence-electron chi connectivity index (χ0n) is 7.32. The summed E-state index contributed by atoms with van der Waals surface area (Å²) >= 11 is 0. The molecule has 1 spiro atoms. The molecule has 2 aliphatic rings. The van der Waals surface area contributed by atoms with E-state index in [1.807, 2.05) is 12.2 Å². The minimum atomic E-state index is -0.523. The van der Waals surface area contributed by atoms with Crippen LogP contribution < -0.4 is 0 Å². The van der Waals surface area contributed by atoms with Gasteiger partial charge in [0.25, 0.3) is 0 Å². The SMILES string of the molecule is CC1C=CC2(C=C1)OCCCO2. The first kappa shape index (κ1) is 8.02. The Labute approximate surface area is 72.9 Å². The quantitative estimate of drug-likeness (QED) is 0.511. The Morgan fingerprint density at radius 2 is 1.75 bits per heavy atom. The molecule has 0 atom stereocenters. The van der Waals surface area contributed by atoms with E-state index in [0.29, 0.717) is 5.92 Å². The zero-order chi connectivity index (χ0) is 8.44. The third-order valence-electron chi connectivity index (χ3n) is 2.21. The van der Waals surface area contributed by atoms with Crippen LogP contribution in [0.5, 0.6) is 0 Å². The predicted molar refractivity (Wildman–Crippen MR) is 46.7 cm³/mol. The van der Waals surface area contributed by atoms with Crippen LogP contribution in [-0.4, -0.2) is 19.0 Å². The Kier molecular flexibility index (Phi) is 2.03. The highest BCUT2D eigenvalue weighted by Crippen LogP contribution is 2.26. The van der Waals surface area contributed by atoms with E-state index in [0.717, 1.165) is 19.6 Å². The molecule has 0 aromatic heterocycles. The van der Waals surface area contributed by atoms with E-state index < -0.39 is 5.79 Å². The third kappa shape index (κ3) is 1.45. The summed E-state index contributed by atoms with van der Waals surface area (Å²) in [5.41, 5.74) is 0. The van der Waals surface area contributed by atoms with Crippen LogP contribution in [0.1, 0.15) is 13.3 Å². The molecule has 2 heteroatoms. The molecule has 0 unspecified atom stereocenters. The summed E-state index contributed by atoms with van der Waals surface area (Å²) < 4.78 is 11.1. The van der Waals surface area contributed by atoms with Gasteiger partial charge in [-0.25, -0.2) is 0 Å². The largest absolute Gasteiger partial charge is 0.343 e. The first-order valence-electron chi connectivity index (χ1n) is 4.47. The van der Waals surface area contributed by atoms with Crippen LogP contribution in [0.2, 0.25) is 0 Å². The highest BCUT2D eigenvalue weighted by atomic mass is 16.7. The summed E-state index contributed by atoms with van der Waals surface area (Å²) in [6.07, 6.45) is 9.25. The van der Waals surface area contributed by atoms with Crippen LogP contribution in [0.3, 0.4) is 0 Å². The molecular weight excluding hydrogens is 152 g/mol. The van der Waals surface area contributed by atoms with E-state index in [-0.39, 0.29) is 0 Å². The fraction of sp³-hybridized carbons (Fsp3) is 0.600. The molecule has 66 valence electrons. The number of allylic oxidation sites excluding steroid dienone is 2. The van der Waals surface area contributed by atoms with Crippen molar-refractivity contribution in [3.63, 3.8) is 0 Å². The molecule has 1 heterocycles. The molecule has 1 aliphatic carbocycles. The minimum absolute atomic E-state index is 0.504. The summed E-state index contributed by atoms with van der Waals surface area (Å²) in [6.45, 7) is 3.73. The molecule has 0 aromatic rings. The van der Waals surface area contributed by atoms with Crippen molar-refractivity contribution >= 4 is 0 Å². The summed E-state index contributed by atoms with van der Waals surface area (Å²) in [6, 6.07) is 0. The lowest BCUT2D eigenvalue weighted by molar-refractivity contribution is -0.206. The summed E-state index contributed by atoms with van der Waals surface area (Å²) in [7, 11) is 0. The fourth-order valence-corrected chi connectivity index (χ4v) is 1.45. The Bertz CT molecular complexity index is 196. The maximum absolute atomic E-state index is 5.56. The van der Waals surface area contributed by atoms with Crippen molar-refractivity contribution in [2.75, 3.05) is 13.2 Å². The average Bonchev–Trinajstić information content (AvgIpc) is 2.13. The van der Waals surface area contributed by atoms with Crippen molar-refractivity contribution in [3.05, 3.63) is 24.3 Å². The van der Waals surface area contributed by atoms with E-state index >= 15 is 0 Å². The second-order valence-electron chi connectivity index (χ2n) is 3.35. The van der Waals surface area contributed by atoms with E-state index in [9.17, 15) is 0 Å². The first-order chi connectivity index (χ1) is 5.81. The predicted octanol–water partition coefficient (Wildman–Crippen LogP) is 1.88. The third-order valence-corrected chi connectivity index (χ3v) is 2.21. The smallest absolute Gasteiger partial charge is 0.207 e. The van der Waals surface area contributed by atoms with Crippen molar-refractivity contribution in [2.24, 2.45) is 5.92 Å². The monoisotopic (exact) mass is 166 g/mol. The molecule has 0 bridgehead atoms. The Hall–Kier alpha value is -0.600. The molecule has 0 aromatic carbocycles. The minimum Gasteiger partial charge on any atom is -0.343 e. The number of hydrogen-bond acceptors (Lipinski definition) is 2. The first-order valence-corrected chi connectivity index (χ1v) is 4.47. The topological polar surface area (TPSA) is 18.5 Å².